The topological polar surface area (TPSA) is 58.1 Å². The highest BCUT2D eigenvalue weighted by atomic mass is 16.1. The summed E-state index contributed by atoms with van der Waals surface area (Å²) >= 11 is 0. The molecular formula is C13H20N4O. The van der Waals surface area contributed by atoms with Gasteiger partial charge in [-0.25, -0.2) is 9.97 Å². The monoisotopic (exact) mass is 248 g/mol. The Morgan fingerprint density at radius 2 is 2.11 bits per heavy atom. The number of carbonyl (C=O) groups excluding carboxylic acids is 1. The Bertz CT molecular complexity index is 427. The van der Waals surface area contributed by atoms with E-state index in [-0.39, 0.29) is 5.78 Å². The number of carbonyl (C=O) groups is 1. The van der Waals surface area contributed by atoms with Crippen molar-refractivity contribution in [2.75, 3.05) is 29.9 Å². The lowest BCUT2D eigenvalue weighted by molar-refractivity contribution is -0.116. The maximum absolute atomic E-state index is 10.9. The van der Waals surface area contributed by atoms with Crippen molar-refractivity contribution >= 4 is 17.4 Å². The summed E-state index contributed by atoms with van der Waals surface area (Å²) in [4.78, 5) is 22.0. The molecule has 0 atom stereocenters. The van der Waals surface area contributed by atoms with Crippen LogP contribution in [0.15, 0.2) is 6.07 Å². The molecule has 0 aromatic carbocycles. The lowest BCUT2D eigenvalue weighted by Gasteiger charge is -2.17. The quantitative estimate of drug-likeness (QED) is 0.860. The van der Waals surface area contributed by atoms with E-state index in [1.165, 1.54) is 12.8 Å². The lowest BCUT2D eigenvalue weighted by atomic mass is 10.3. The number of hydrogen-bond donors (Lipinski definition) is 1. The largest absolute Gasteiger partial charge is 0.369 e. The molecule has 0 unspecified atom stereocenters. The van der Waals surface area contributed by atoms with E-state index in [4.69, 9.17) is 0 Å². The maximum atomic E-state index is 10.9. The van der Waals surface area contributed by atoms with Gasteiger partial charge in [-0.3, -0.25) is 4.79 Å². The molecule has 1 fully saturated rings. The Hall–Kier alpha value is -1.65. The van der Waals surface area contributed by atoms with Crippen molar-refractivity contribution in [1.29, 1.82) is 0 Å². The second-order valence-corrected chi connectivity index (χ2v) is 4.73. The second kappa shape index (κ2) is 5.80. The third kappa shape index (κ3) is 3.42. The molecule has 1 aliphatic rings. The van der Waals surface area contributed by atoms with E-state index in [9.17, 15) is 4.79 Å². The van der Waals surface area contributed by atoms with Gasteiger partial charge < -0.3 is 10.2 Å². The second-order valence-electron chi connectivity index (χ2n) is 4.73. The highest BCUT2D eigenvalue weighted by Crippen LogP contribution is 2.20. The third-order valence-electron chi connectivity index (χ3n) is 3.04. The summed E-state index contributed by atoms with van der Waals surface area (Å²) in [6, 6.07) is 1.97. The first-order valence-corrected chi connectivity index (χ1v) is 6.49. The predicted octanol–water partition coefficient (Wildman–Crippen LogP) is 1.78. The molecule has 1 saturated heterocycles. The number of aryl methyl sites for hydroxylation is 1. The van der Waals surface area contributed by atoms with Crippen LogP contribution in [0.1, 0.15) is 32.0 Å². The smallest absolute Gasteiger partial charge is 0.134 e. The molecule has 2 rings (SSSR count). The normalized spacial score (nSPS) is 14.9. The van der Waals surface area contributed by atoms with Gasteiger partial charge in [0.15, 0.2) is 0 Å². The number of rotatable bonds is 5. The molecule has 1 N–H and O–H groups in total. The first-order valence-electron chi connectivity index (χ1n) is 6.49. The van der Waals surface area contributed by atoms with Crippen molar-refractivity contribution < 1.29 is 4.79 Å². The first kappa shape index (κ1) is 12.8. The number of ketones is 1. The van der Waals surface area contributed by atoms with Gasteiger partial charge in [-0.15, -0.1) is 0 Å². The molecule has 0 amide bonds. The summed E-state index contributed by atoms with van der Waals surface area (Å²) < 4.78 is 0. The Morgan fingerprint density at radius 1 is 1.39 bits per heavy atom. The van der Waals surface area contributed by atoms with E-state index in [0.29, 0.717) is 13.0 Å². The summed E-state index contributed by atoms with van der Waals surface area (Å²) in [5, 5.41) is 3.18. The number of nitrogens with zero attached hydrogens (tertiary/aromatic N) is 3. The van der Waals surface area contributed by atoms with E-state index in [1.54, 1.807) is 6.92 Å². The number of nitrogens with one attached hydrogen (secondary N) is 1. The van der Waals surface area contributed by atoms with Crippen LogP contribution in [0, 0.1) is 6.92 Å². The summed E-state index contributed by atoms with van der Waals surface area (Å²) in [5.41, 5.74) is 0. The van der Waals surface area contributed by atoms with Gasteiger partial charge in [-0.1, -0.05) is 0 Å². The average Bonchev–Trinajstić information content (AvgIpc) is 2.81. The van der Waals surface area contributed by atoms with Crippen LogP contribution in [0.3, 0.4) is 0 Å². The molecule has 5 heteroatoms. The summed E-state index contributed by atoms with van der Waals surface area (Å²) in [6.07, 6.45) is 2.99. The Balaban J connectivity index is 2.03. The van der Waals surface area contributed by atoms with Gasteiger partial charge in [-0.05, 0) is 26.7 Å². The van der Waals surface area contributed by atoms with Gasteiger partial charge in [0.1, 0.15) is 23.2 Å². The Morgan fingerprint density at radius 3 is 2.78 bits per heavy atom. The summed E-state index contributed by atoms with van der Waals surface area (Å²) in [6.45, 7) is 6.27. The van der Waals surface area contributed by atoms with E-state index in [1.807, 2.05) is 13.0 Å². The molecule has 18 heavy (non-hydrogen) atoms. The summed E-state index contributed by atoms with van der Waals surface area (Å²) in [5.74, 6) is 2.76. The van der Waals surface area contributed by atoms with Crippen molar-refractivity contribution in [3.8, 4) is 0 Å². The standard InChI is InChI=1S/C13H20N4O/c1-10(18)5-6-14-12-9-13(16-11(2)15-12)17-7-3-4-8-17/h9H,3-8H2,1-2H3,(H,14,15,16). The number of aromatic nitrogens is 2. The van der Waals surface area contributed by atoms with Crippen LogP contribution in [0.25, 0.3) is 0 Å². The highest BCUT2D eigenvalue weighted by Gasteiger charge is 2.14. The van der Waals surface area contributed by atoms with Crippen molar-refractivity contribution in [2.45, 2.75) is 33.1 Å². The van der Waals surface area contributed by atoms with Crippen molar-refractivity contribution in [2.24, 2.45) is 0 Å². The van der Waals surface area contributed by atoms with Crippen LogP contribution >= 0.6 is 0 Å². The minimum absolute atomic E-state index is 0.188. The van der Waals surface area contributed by atoms with E-state index in [0.717, 1.165) is 30.5 Å². The molecule has 2 heterocycles. The summed E-state index contributed by atoms with van der Waals surface area (Å²) in [7, 11) is 0. The molecule has 5 nitrogen and oxygen atoms in total. The number of hydrogen-bond acceptors (Lipinski definition) is 5. The Kier molecular flexibility index (Phi) is 4.12. The highest BCUT2D eigenvalue weighted by molar-refractivity contribution is 5.76. The zero-order valence-electron chi connectivity index (χ0n) is 11.1. The van der Waals surface area contributed by atoms with Gasteiger partial charge in [0, 0.05) is 32.1 Å². The van der Waals surface area contributed by atoms with Crippen LogP contribution in [0.4, 0.5) is 11.6 Å². The van der Waals surface area contributed by atoms with Crippen molar-refractivity contribution in [3.05, 3.63) is 11.9 Å². The average molecular weight is 248 g/mol. The van der Waals surface area contributed by atoms with E-state index >= 15 is 0 Å². The molecule has 1 aromatic heterocycles. The Labute approximate surface area is 108 Å². The van der Waals surface area contributed by atoms with E-state index < -0.39 is 0 Å². The first-order chi connectivity index (χ1) is 8.65. The fourth-order valence-electron chi connectivity index (χ4n) is 2.12. The predicted molar refractivity (Wildman–Crippen MR) is 72.0 cm³/mol. The van der Waals surface area contributed by atoms with Crippen LogP contribution in [0.2, 0.25) is 0 Å². The fraction of sp³-hybridized carbons (Fsp3) is 0.615. The van der Waals surface area contributed by atoms with Crippen molar-refractivity contribution in [1.82, 2.24) is 9.97 Å². The maximum Gasteiger partial charge on any atom is 0.134 e. The number of Topliss-reactive ketones (excluding diaryl/α,β-unsaturated/α-hetero) is 1. The molecule has 98 valence electrons. The molecule has 0 radical (unpaired) electrons. The number of anilines is 2. The molecule has 1 aliphatic heterocycles. The van der Waals surface area contributed by atoms with Gasteiger partial charge in [0.05, 0.1) is 0 Å². The molecule has 0 aliphatic carbocycles. The van der Waals surface area contributed by atoms with E-state index in [2.05, 4.69) is 20.2 Å². The minimum Gasteiger partial charge on any atom is -0.369 e. The van der Waals surface area contributed by atoms with Gasteiger partial charge >= 0.3 is 0 Å². The molecule has 0 saturated carbocycles. The van der Waals surface area contributed by atoms with Gasteiger partial charge in [0.25, 0.3) is 0 Å². The third-order valence-corrected chi connectivity index (χ3v) is 3.04. The van der Waals surface area contributed by atoms with Crippen LogP contribution < -0.4 is 10.2 Å². The van der Waals surface area contributed by atoms with Gasteiger partial charge in [0.2, 0.25) is 0 Å². The zero-order chi connectivity index (χ0) is 13.0. The van der Waals surface area contributed by atoms with Crippen LogP contribution in [-0.2, 0) is 4.79 Å². The fourth-order valence-corrected chi connectivity index (χ4v) is 2.12. The zero-order valence-corrected chi connectivity index (χ0v) is 11.1. The lowest BCUT2D eigenvalue weighted by Crippen LogP contribution is -2.20. The minimum atomic E-state index is 0.188. The molecule has 0 bridgehead atoms. The SMILES string of the molecule is CC(=O)CCNc1cc(N2CCCC2)nc(C)n1. The van der Waals surface area contributed by atoms with Crippen molar-refractivity contribution in [3.63, 3.8) is 0 Å². The molecule has 0 spiro atoms. The van der Waals surface area contributed by atoms with Crippen LogP contribution in [-0.4, -0.2) is 35.4 Å². The molecule has 1 aromatic rings. The molecular weight excluding hydrogens is 228 g/mol. The van der Waals surface area contributed by atoms with Gasteiger partial charge in [-0.2, -0.15) is 0 Å². The van der Waals surface area contributed by atoms with Crippen LogP contribution in [0.5, 0.6) is 0 Å².